The Kier molecular flexibility index (Phi) is 4.36. The second kappa shape index (κ2) is 6.41. The van der Waals surface area contributed by atoms with Gasteiger partial charge in [-0.05, 0) is 30.7 Å². The third kappa shape index (κ3) is 3.52. The van der Waals surface area contributed by atoms with Crippen LogP contribution in [0.2, 0.25) is 0 Å². The van der Waals surface area contributed by atoms with Gasteiger partial charge in [-0.3, -0.25) is 0 Å². The minimum absolute atomic E-state index is 0.0306. The monoisotopic (exact) mass is 301 g/mol. The molecule has 4 heteroatoms. The Bertz CT molecular complexity index is 630. The summed E-state index contributed by atoms with van der Waals surface area (Å²) in [6.45, 7) is 3.33. The van der Waals surface area contributed by atoms with E-state index in [1.807, 2.05) is 12.1 Å². The van der Waals surface area contributed by atoms with Crippen LogP contribution in [0.5, 0.6) is 11.5 Å². The highest BCUT2D eigenvalue weighted by Crippen LogP contribution is 2.35. The summed E-state index contributed by atoms with van der Waals surface area (Å²) in [7, 11) is 0. The van der Waals surface area contributed by atoms with Crippen molar-refractivity contribution in [1.82, 2.24) is 0 Å². The van der Waals surface area contributed by atoms with Gasteiger partial charge in [-0.25, -0.2) is 0 Å². The van der Waals surface area contributed by atoms with E-state index in [-0.39, 0.29) is 6.04 Å². The van der Waals surface area contributed by atoms with Gasteiger partial charge in [-0.2, -0.15) is 0 Å². The van der Waals surface area contributed by atoms with E-state index in [1.165, 1.54) is 11.1 Å². The van der Waals surface area contributed by atoms with Crippen LogP contribution in [0.1, 0.15) is 17.2 Å². The Balaban J connectivity index is 1.64. The molecule has 1 aliphatic rings. The molecule has 110 valence electrons. The van der Waals surface area contributed by atoms with E-state index in [2.05, 4.69) is 37.3 Å². The number of fused-ring (bicyclic) bond motifs is 1. The number of nitrogens with two attached hydrogens (primary N) is 1. The molecule has 0 fully saturated rings. The van der Waals surface area contributed by atoms with Gasteiger partial charge in [0.25, 0.3) is 0 Å². The molecule has 0 aromatic heterocycles. The lowest BCUT2D eigenvalue weighted by Crippen LogP contribution is -2.15. The van der Waals surface area contributed by atoms with E-state index in [1.54, 1.807) is 11.8 Å². The van der Waals surface area contributed by atoms with Gasteiger partial charge >= 0.3 is 0 Å². The summed E-state index contributed by atoms with van der Waals surface area (Å²) in [5, 5.41) is 0. The predicted molar refractivity (Wildman–Crippen MR) is 86.3 cm³/mol. The van der Waals surface area contributed by atoms with E-state index >= 15 is 0 Å². The third-order valence-electron chi connectivity index (χ3n) is 3.41. The first-order valence-corrected chi connectivity index (χ1v) is 8.05. The predicted octanol–water partition coefficient (Wildman–Crippen LogP) is 3.56. The Morgan fingerprint density at radius 1 is 1.10 bits per heavy atom. The number of aryl methyl sites for hydroxylation is 1. The lowest BCUT2D eigenvalue weighted by atomic mass is 10.1. The SMILES string of the molecule is Cc1cccc(C(N)CSc2ccc3c(c2)OCCO3)c1. The number of rotatable bonds is 4. The molecule has 1 unspecified atom stereocenters. The van der Waals surface area contributed by atoms with Crippen LogP contribution < -0.4 is 15.2 Å². The average Bonchev–Trinajstić information content (AvgIpc) is 2.52. The topological polar surface area (TPSA) is 44.5 Å². The number of ether oxygens (including phenoxy) is 2. The number of benzene rings is 2. The fraction of sp³-hybridized carbons (Fsp3) is 0.294. The molecule has 1 heterocycles. The maximum atomic E-state index is 6.27. The van der Waals surface area contributed by atoms with Gasteiger partial charge < -0.3 is 15.2 Å². The molecule has 2 aromatic rings. The molecule has 2 aromatic carbocycles. The van der Waals surface area contributed by atoms with Crippen molar-refractivity contribution in [2.75, 3.05) is 19.0 Å². The molecule has 1 atom stereocenters. The first kappa shape index (κ1) is 14.3. The van der Waals surface area contributed by atoms with Gasteiger partial charge in [0, 0.05) is 16.7 Å². The summed E-state index contributed by atoms with van der Waals surface area (Å²) in [6, 6.07) is 14.5. The van der Waals surface area contributed by atoms with Crippen LogP contribution in [0.25, 0.3) is 0 Å². The molecular weight excluding hydrogens is 282 g/mol. The molecule has 21 heavy (non-hydrogen) atoms. The van der Waals surface area contributed by atoms with Crippen LogP contribution in [0.15, 0.2) is 47.4 Å². The summed E-state index contributed by atoms with van der Waals surface area (Å²) in [5.74, 6) is 2.49. The summed E-state index contributed by atoms with van der Waals surface area (Å²) in [4.78, 5) is 1.15. The standard InChI is InChI=1S/C17H19NO2S/c1-12-3-2-4-13(9-12)15(18)11-21-14-5-6-16-17(10-14)20-8-7-19-16/h2-6,9-10,15H,7-8,11,18H2,1H3. The van der Waals surface area contributed by atoms with Crippen LogP contribution in [0.3, 0.4) is 0 Å². The Morgan fingerprint density at radius 3 is 2.71 bits per heavy atom. The number of hydrogen-bond acceptors (Lipinski definition) is 4. The maximum Gasteiger partial charge on any atom is 0.162 e. The lowest BCUT2D eigenvalue weighted by Gasteiger charge is -2.19. The Labute approximate surface area is 129 Å². The van der Waals surface area contributed by atoms with Gasteiger partial charge in [0.05, 0.1) is 0 Å². The highest BCUT2D eigenvalue weighted by molar-refractivity contribution is 7.99. The van der Waals surface area contributed by atoms with Crippen molar-refractivity contribution >= 4 is 11.8 Å². The van der Waals surface area contributed by atoms with Crippen molar-refractivity contribution in [1.29, 1.82) is 0 Å². The van der Waals surface area contributed by atoms with Crippen LogP contribution in [0, 0.1) is 6.92 Å². The molecule has 0 saturated carbocycles. The number of thioether (sulfide) groups is 1. The second-order valence-electron chi connectivity index (χ2n) is 5.14. The highest BCUT2D eigenvalue weighted by atomic mass is 32.2. The van der Waals surface area contributed by atoms with Crippen LogP contribution >= 0.6 is 11.8 Å². The first-order chi connectivity index (χ1) is 10.2. The maximum absolute atomic E-state index is 6.27. The van der Waals surface area contributed by atoms with E-state index in [9.17, 15) is 0 Å². The molecule has 0 amide bonds. The quantitative estimate of drug-likeness (QED) is 0.877. The minimum Gasteiger partial charge on any atom is -0.486 e. The van der Waals surface area contributed by atoms with Crippen molar-refractivity contribution in [3.63, 3.8) is 0 Å². The normalized spacial score (nSPS) is 14.8. The summed E-state index contributed by atoms with van der Waals surface area (Å²) >= 11 is 1.74. The Hall–Kier alpha value is -1.65. The van der Waals surface area contributed by atoms with Gasteiger partial charge in [0.1, 0.15) is 13.2 Å². The third-order valence-corrected chi connectivity index (χ3v) is 4.53. The summed E-state index contributed by atoms with van der Waals surface area (Å²) in [6.07, 6.45) is 0. The minimum atomic E-state index is 0.0306. The molecule has 2 N–H and O–H groups in total. The van der Waals surface area contributed by atoms with Gasteiger partial charge in [-0.1, -0.05) is 29.8 Å². The van der Waals surface area contributed by atoms with Gasteiger partial charge in [0.15, 0.2) is 11.5 Å². The van der Waals surface area contributed by atoms with E-state index in [4.69, 9.17) is 15.2 Å². The molecule has 0 bridgehead atoms. The van der Waals surface area contributed by atoms with Crippen LogP contribution in [0.4, 0.5) is 0 Å². The highest BCUT2D eigenvalue weighted by Gasteiger charge is 2.13. The first-order valence-electron chi connectivity index (χ1n) is 7.07. The number of hydrogen-bond donors (Lipinski definition) is 1. The van der Waals surface area contributed by atoms with E-state index < -0.39 is 0 Å². The van der Waals surface area contributed by atoms with Crippen molar-refractivity contribution in [2.45, 2.75) is 17.9 Å². The Morgan fingerprint density at radius 2 is 1.90 bits per heavy atom. The molecule has 3 rings (SSSR count). The molecular formula is C17H19NO2S. The molecule has 0 spiro atoms. The second-order valence-corrected chi connectivity index (χ2v) is 6.23. The van der Waals surface area contributed by atoms with Gasteiger partial charge in [0.2, 0.25) is 0 Å². The van der Waals surface area contributed by atoms with Crippen LogP contribution in [-0.2, 0) is 0 Å². The van der Waals surface area contributed by atoms with Crippen molar-refractivity contribution in [2.24, 2.45) is 5.73 Å². The molecule has 0 aliphatic carbocycles. The summed E-state index contributed by atoms with van der Waals surface area (Å²) in [5.41, 5.74) is 8.70. The molecule has 3 nitrogen and oxygen atoms in total. The zero-order valence-corrected chi connectivity index (χ0v) is 12.9. The van der Waals surface area contributed by atoms with Crippen LogP contribution in [-0.4, -0.2) is 19.0 Å². The van der Waals surface area contributed by atoms with Crippen molar-refractivity contribution in [3.8, 4) is 11.5 Å². The zero-order valence-electron chi connectivity index (χ0n) is 12.0. The largest absolute Gasteiger partial charge is 0.486 e. The molecule has 0 radical (unpaired) electrons. The molecule has 0 saturated heterocycles. The average molecular weight is 301 g/mol. The van der Waals surface area contributed by atoms with E-state index in [0.717, 1.165) is 22.1 Å². The fourth-order valence-corrected chi connectivity index (χ4v) is 3.22. The van der Waals surface area contributed by atoms with Crippen molar-refractivity contribution in [3.05, 3.63) is 53.6 Å². The smallest absolute Gasteiger partial charge is 0.162 e. The lowest BCUT2D eigenvalue weighted by molar-refractivity contribution is 0.171. The summed E-state index contributed by atoms with van der Waals surface area (Å²) < 4.78 is 11.1. The van der Waals surface area contributed by atoms with Gasteiger partial charge in [-0.15, -0.1) is 11.8 Å². The zero-order chi connectivity index (χ0) is 14.7. The van der Waals surface area contributed by atoms with E-state index in [0.29, 0.717) is 13.2 Å². The fourth-order valence-electron chi connectivity index (χ4n) is 2.30. The van der Waals surface area contributed by atoms with Crippen molar-refractivity contribution < 1.29 is 9.47 Å². The molecule has 1 aliphatic heterocycles.